The van der Waals surface area contributed by atoms with Crippen LogP contribution in [0.25, 0.3) is 0 Å². The van der Waals surface area contributed by atoms with E-state index in [2.05, 4.69) is 58.8 Å². The molecule has 2 unspecified atom stereocenters. The molecular formula is C15H23N5O. The zero-order valence-corrected chi connectivity index (χ0v) is 13.0. The Morgan fingerprint density at radius 2 is 1.81 bits per heavy atom. The summed E-state index contributed by atoms with van der Waals surface area (Å²) in [4.78, 5) is 0. The largest absolute Gasteiger partial charge is 0.493 e. The Hall–Kier alpha value is -1.95. The highest BCUT2D eigenvalue weighted by molar-refractivity contribution is 5.29. The third-order valence-electron chi connectivity index (χ3n) is 3.21. The molecule has 0 aliphatic carbocycles. The maximum atomic E-state index is 5.69. The highest BCUT2D eigenvalue weighted by Gasteiger charge is 2.14. The molecule has 0 fully saturated rings. The maximum absolute atomic E-state index is 5.69. The molecule has 1 aromatic carbocycles. The van der Waals surface area contributed by atoms with Crippen LogP contribution >= 0.6 is 0 Å². The molecule has 2 N–H and O–H groups in total. The number of hydrogen-bond acceptors (Lipinski definition) is 5. The molecule has 114 valence electrons. The SMILES string of the molecule is CC(C)COc1ccc(C(C)NC(C)c2nn[nH]n2)cc1. The number of H-pyrrole nitrogens is 1. The molecule has 0 amide bonds. The third-order valence-corrected chi connectivity index (χ3v) is 3.21. The molecule has 0 saturated carbocycles. The van der Waals surface area contributed by atoms with Crippen molar-refractivity contribution in [2.75, 3.05) is 6.61 Å². The lowest BCUT2D eigenvalue weighted by Gasteiger charge is -2.18. The second kappa shape index (κ2) is 7.17. The normalized spacial score (nSPS) is 14.1. The smallest absolute Gasteiger partial charge is 0.191 e. The van der Waals surface area contributed by atoms with Crippen molar-refractivity contribution in [2.45, 2.75) is 39.8 Å². The second-order valence-corrected chi connectivity index (χ2v) is 5.65. The summed E-state index contributed by atoms with van der Waals surface area (Å²) in [7, 11) is 0. The Morgan fingerprint density at radius 3 is 2.38 bits per heavy atom. The molecule has 0 aliphatic heterocycles. The summed E-state index contributed by atoms with van der Waals surface area (Å²) in [5.41, 5.74) is 1.20. The predicted molar refractivity (Wildman–Crippen MR) is 80.9 cm³/mol. The number of hydrogen-bond donors (Lipinski definition) is 2. The molecule has 2 aromatic rings. The summed E-state index contributed by atoms with van der Waals surface area (Å²) < 4.78 is 5.69. The number of nitrogens with zero attached hydrogens (tertiary/aromatic N) is 3. The summed E-state index contributed by atoms with van der Waals surface area (Å²) >= 11 is 0. The first kappa shape index (κ1) is 15.4. The van der Waals surface area contributed by atoms with E-state index in [1.54, 1.807) is 0 Å². The Labute approximate surface area is 125 Å². The Balaban J connectivity index is 1.91. The van der Waals surface area contributed by atoms with E-state index in [0.717, 1.165) is 12.4 Å². The van der Waals surface area contributed by atoms with E-state index in [0.29, 0.717) is 11.7 Å². The van der Waals surface area contributed by atoms with Gasteiger partial charge in [0.15, 0.2) is 5.82 Å². The molecule has 0 aliphatic rings. The molecule has 1 aromatic heterocycles. The lowest BCUT2D eigenvalue weighted by Crippen LogP contribution is -2.23. The number of aromatic amines is 1. The summed E-state index contributed by atoms with van der Waals surface area (Å²) in [5, 5.41) is 17.5. The Bertz CT molecular complexity index is 524. The number of ether oxygens (including phenoxy) is 1. The molecule has 6 heteroatoms. The standard InChI is InChI=1S/C15H23N5O/c1-10(2)9-21-14-7-5-13(6-8-14)11(3)16-12(4)15-17-19-20-18-15/h5-8,10-12,16H,9H2,1-4H3,(H,17,18,19,20). The number of tetrazole rings is 1. The molecule has 0 spiro atoms. The van der Waals surface area contributed by atoms with Crippen molar-refractivity contribution in [3.8, 4) is 5.75 Å². The average molecular weight is 289 g/mol. The first-order chi connectivity index (χ1) is 10.1. The van der Waals surface area contributed by atoms with Gasteiger partial charge >= 0.3 is 0 Å². The molecular weight excluding hydrogens is 266 g/mol. The fraction of sp³-hybridized carbons (Fsp3) is 0.533. The van der Waals surface area contributed by atoms with Crippen molar-refractivity contribution < 1.29 is 4.74 Å². The minimum absolute atomic E-state index is 0.0376. The number of rotatable bonds is 7. The first-order valence-electron chi connectivity index (χ1n) is 7.28. The van der Waals surface area contributed by atoms with Crippen LogP contribution in [-0.4, -0.2) is 27.2 Å². The van der Waals surface area contributed by atoms with Crippen molar-refractivity contribution in [1.29, 1.82) is 0 Å². The summed E-state index contributed by atoms with van der Waals surface area (Å²) in [6.07, 6.45) is 0. The molecule has 0 saturated heterocycles. The van der Waals surface area contributed by atoms with Crippen LogP contribution in [0.2, 0.25) is 0 Å². The predicted octanol–water partition coefficient (Wildman–Crippen LogP) is 2.65. The van der Waals surface area contributed by atoms with Crippen LogP contribution in [0.4, 0.5) is 0 Å². The summed E-state index contributed by atoms with van der Waals surface area (Å²) in [5.74, 6) is 2.10. The topological polar surface area (TPSA) is 75.7 Å². The van der Waals surface area contributed by atoms with E-state index in [1.807, 2.05) is 19.1 Å². The maximum Gasteiger partial charge on any atom is 0.191 e. The molecule has 0 bridgehead atoms. The molecule has 2 atom stereocenters. The monoisotopic (exact) mass is 289 g/mol. The number of benzene rings is 1. The van der Waals surface area contributed by atoms with Gasteiger partial charge in [-0.25, -0.2) is 0 Å². The average Bonchev–Trinajstić information content (AvgIpc) is 3.00. The number of nitrogens with one attached hydrogen (secondary N) is 2. The highest BCUT2D eigenvalue weighted by atomic mass is 16.5. The van der Waals surface area contributed by atoms with Crippen molar-refractivity contribution >= 4 is 0 Å². The summed E-state index contributed by atoms with van der Waals surface area (Å²) in [6.45, 7) is 9.14. The zero-order valence-electron chi connectivity index (χ0n) is 13.0. The van der Waals surface area contributed by atoms with E-state index in [9.17, 15) is 0 Å². The van der Waals surface area contributed by atoms with Gasteiger partial charge in [-0.1, -0.05) is 31.2 Å². The van der Waals surface area contributed by atoms with Gasteiger partial charge in [0.05, 0.1) is 12.6 Å². The first-order valence-corrected chi connectivity index (χ1v) is 7.28. The van der Waals surface area contributed by atoms with E-state index in [-0.39, 0.29) is 12.1 Å². The van der Waals surface area contributed by atoms with Crippen LogP contribution in [0.1, 0.15) is 51.2 Å². The van der Waals surface area contributed by atoms with Gasteiger partial charge in [-0.3, -0.25) is 0 Å². The molecule has 0 radical (unpaired) electrons. The van der Waals surface area contributed by atoms with Crippen molar-refractivity contribution in [3.05, 3.63) is 35.7 Å². The van der Waals surface area contributed by atoms with Crippen LogP contribution in [0.3, 0.4) is 0 Å². The third kappa shape index (κ3) is 4.53. The van der Waals surface area contributed by atoms with Crippen molar-refractivity contribution in [2.24, 2.45) is 5.92 Å². The van der Waals surface area contributed by atoms with Crippen LogP contribution < -0.4 is 10.1 Å². The number of aromatic nitrogens is 4. The summed E-state index contributed by atoms with van der Waals surface area (Å²) in [6, 6.07) is 8.41. The van der Waals surface area contributed by atoms with Gasteiger partial charge in [0.2, 0.25) is 0 Å². The lowest BCUT2D eigenvalue weighted by molar-refractivity contribution is 0.271. The van der Waals surface area contributed by atoms with E-state index in [4.69, 9.17) is 4.74 Å². The van der Waals surface area contributed by atoms with E-state index in [1.165, 1.54) is 5.56 Å². The zero-order chi connectivity index (χ0) is 15.2. The quantitative estimate of drug-likeness (QED) is 0.819. The van der Waals surface area contributed by atoms with Gasteiger partial charge in [0.1, 0.15) is 5.75 Å². The highest BCUT2D eigenvalue weighted by Crippen LogP contribution is 2.20. The fourth-order valence-corrected chi connectivity index (χ4v) is 2.01. The van der Waals surface area contributed by atoms with E-state index < -0.39 is 0 Å². The van der Waals surface area contributed by atoms with Gasteiger partial charge in [-0.05, 0) is 37.5 Å². The molecule has 21 heavy (non-hydrogen) atoms. The van der Waals surface area contributed by atoms with Gasteiger partial charge in [0.25, 0.3) is 0 Å². The minimum atomic E-state index is 0.0376. The van der Waals surface area contributed by atoms with Gasteiger partial charge in [0, 0.05) is 6.04 Å². The molecule has 2 rings (SSSR count). The van der Waals surface area contributed by atoms with Crippen LogP contribution in [-0.2, 0) is 0 Å². The van der Waals surface area contributed by atoms with Gasteiger partial charge < -0.3 is 10.1 Å². The van der Waals surface area contributed by atoms with Crippen LogP contribution in [0.5, 0.6) is 5.75 Å². The minimum Gasteiger partial charge on any atom is -0.493 e. The van der Waals surface area contributed by atoms with Crippen molar-refractivity contribution in [1.82, 2.24) is 25.9 Å². The van der Waals surface area contributed by atoms with Crippen LogP contribution in [0.15, 0.2) is 24.3 Å². The van der Waals surface area contributed by atoms with Crippen molar-refractivity contribution in [3.63, 3.8) is 0 Å². The van der Waals surface area contributed by atoms with Crippen LogP contribution in [0, 0.1) is 5.92 Å². The van der Waals surface area contributed by atoms with Gasteiger partial charge in [-0.15, -0.1) is 10.2 Å². The molecule has 6 nitrogen and oxygen atoms in total. The Kier molecular flexibility index (Phi) is 5.27. The Morgan fingerprint density at radius 1 is 1.10 bits per heavy atom. The molecule has 1 heterocycles. The second-order valence-electron chi connectivity index (χ2n) is 5.65. The lowest BCUT2D eigenvalue weighted by atomic mass is 10.1. The van der Waals surface area contributed by atoms with Gasteiger partial charge in [-0.2, -0.15) is 5.21 Å². The van der Waals surface area contributed by atoms with E-state index >= 15 is 0 Å². The fourth-order valence-electron chi connectivity index (χ4n) is 2.01.